The molecule has 1 fully saturated rings. The van der Waals surface area contributed by atoms with Gasteiger partial charge in [0.2, 0.25) is 0 Å². The average Bonchev–Trinajstić information content (AvgIpc) is 2.99. The fourth-order valence-electron chi connectivity index (χ4n) is 3.00. The van der Waals surface area contributed by atoms with E-state index in [0.717, 1.165) is 49.1 Å². The number of hydrogen-bond acceptors (Lipinski definition) is 3. The molecule has 0 atom stereocenters. The number of halogens is 3. The van der Waals surface area contributed by atoms with Crippen LogP contribution in [0.4, 0.5) is 13.2 Å². The second kappa shape index (κ2) is 7.01. The number of likely N-dealkylation sites (tertiary alicyclic amines) is 1. The van der Waals surface area contributed by atoms with Gasteiger partial charge in [-0.25, -0.2) is 4.98 Å². The van der Waals surface area contributed by atoms with Gasteiger partial charge in [0.1, 0.15) is 5.01 Å². The molecule has 0 N–H and O–H groups in total. The lowest BCUT2D eigenvalue weighted by Gasteiger charge is -2.31. The summed E-state index contributed by atoms with van der Waals surface area (Å²) >= 11 is 1.10. The second-order valence-corrected chi connectivity index (χ2v) is 6.98. The number of benzene rings is 1. The van der Waals surface area contributed by atoms with Crippen LogP contribution in [0.3, 0.4) is 0 Å². The SMILES string of the molecule is FC(F)(F)c1csc(CN2CCC(Cc3ccccc3)CC2)n1. The largest absolute Gasteiger partial charge is 0.434 e. The topological polar surface area (TPSA) is 16.1 Å². The molecule has 0 unspecified atom stereocenters. The highest BCUT2D eigenvalue weighted by molar-refractivity contribution is 7.09. The van der Waals surface area contributed by atoms with Gasteiger partial charge in [0.05, 0.1) is 6.54 Å². The zero-order valence-electron chi connectivity index (χ0n) is 12.7. The summed E-state index contributed by atoms with van der Waals surface area (Å²) in [5.74, 6) is 0.663. The van der Waals surface area contributed by atoms with Crippen molar-refractivity contribution in [1.82, 2.24) is 9.88 Å². The second-order valence-electron chi connectivity index (χ2n) is 6.03. The van der Waals surface area contributed by atoms with E-state index >= 15 is 0 Å². The van der Waals surface area contributed by atoms with Crippen molar-refractivity contribution < 1.29 is 13.2 Å². The summed E-state index contributed by atoms with van der Waals surface area (Å²) in [5, 5.41) is 1.66. The van der Waals surface area contributed by atoms with E-state index in [1.54, 1.807) is 0 Å². The molecule has 1 saturated heterocycles. The molecule has 1 aliphatic rings. The summed E-state index contributed by atoms with van der Waals surface area (Å²) in [7, 11) is 0. The van der Waals surface area contributed by atoms with Crippen molar-refractivity contribution in [2.45, 2.75) is 32.0 Å². The van der Waals surface area contributed by atoms with Gasteiger partial charge in [-0.1, -0.05) is 30.3 Å². The fourth-order valence-corrected chi connectivity index (χ4v) is 3.84. The highest BCUT2D eigenvalue weighted by Crippen LogP contribution is 2.31. The molecule has 23 heavy (non-hydrogen) atoms. The first-order chi connectivity index (χ1) is 11.0. The Morgan fingerprint density at radius 2 is 1.83 bits per heavy atom. The van der Waals surface area contributed by atoms with E-state index in [2.05, 4.69) is 34.1 Å². The van der Waals surface area contributed by atoms with E-state index < -0.39 is 11.9 Å². The predicted molar refractivity (Wildman–Crippen MR) is 85.3 cm³/mol. The molecule has 1 aromatic heterocycles. The standard InChI is InChI=1S/C17H19F3N2S/c18-17(19,20)15-12-23-16(21-15)11-22-8-6-14(7-9-22)10-13-4-2-1-3-5-13/h1-5,12,14H,6-11H2. The van der Waals surface area contributed by atoms with E-state index in [1.807, 2.05) is 6.07 Å². The average molecular weight is 340 g/mol. The number of thiazole rings is 1. The van der Waals surface area contributed by atoms with Gasteiger partial charge >= 0.3 is 6.18 Å². The number of rotatable bonds is 4. The third-order valence-corrected chi connectivity index (χ3v) is 5.11. The van der Waals surface area contributed by atoms with Gasteiger partial charge in [0, 0.05) is 5.38 Å². The van der Waals surface area contributed by atoms with Crippen molar-refractivity contribution in [2.75, 3.05) is 13.1 Å². The van der Waals surface area contributed by atoms with Gasteiger partial charge in [-0.2, -0.15) is 13.2 Å². The Kier molecular flexibility index (Phi) is 5.02. The molecule has 124 valence electrons. The molecule has 0 radical (unpaired) electrons. The minimum Gasteiger partial charge on any atom is -0.297 e. The van der Waals surface area contributed by atoms with Crippen molar-refractivity contribution in [3.63, 3.8) is 0 Å². The van der Waals surface area contributed by atoms with Crippen LogP contribution >= 0.6 is 11.3 Å². The van der Waals surface area contributed by atoms with Gasteiger partial charge in [-0.3, -0.25) is 4.90 Å². The van der Waals surface area contributed by atoms with Gasteiger partial charge in [0.15, 0.2) is 5.69 Å². The predicted octanol–water partition coefficient (Wildman–Crippen LogP) is 4.62. The Labute approximate surface area is 138 Å². The summed E-state index contributed by atoms with van der Waals surface area (Å²) in [4.78, 5) is 5.92. The van der Waals surface area contributed by atoms with E-state index in [9.17, 15) is 13.2 Å². The normalized spacial score (nSPS) is 17.5. The van der Waals surface area contributed by atoms with Gasteiger partial charge in [-0.05, 0) is 43.8 Å². The molecule has 2 heterocycles. The van der Waals surface area contributed by atoms with E-state index in [4.69, 9.17) is 0 Å². The van der Waals surface area contributed by atoms with Crippen LogP contribution in [-0.2, 0) is 19.1 Å². The van der Waals surface area contributed by atoms with Crippen LogP contribution < -0.4 is 0 Å². The van der Waals surface area contributed by atoms with Crippen LogP contribution in [0.15, 0.2) is 35.7 Å². The van der Waals surface area contributed by atoms with Crippen LogP contribution in [-0.4, -0.2) is 23.0 Å². The third kappa shape index (κ3) is 4.54. The maximum Gasteiger partial charge on any atom is 0.434 e. The summed E-state index contributed by atoms with van der Waals surface area (Å²) in [6, 6.07) is 10.5. The minimum absolute atomic E-state index is 0.527. The van der Waals surface area contributed by atoms with Crippen molar-refractivity contribution >= 4 is 11.3 Å². The number of nitrogens with zero attached hydrogens (tertiary/aromatic N) is 2. The molecule has 6 heteroatoms. The van der Waals surface area contributed by atoms with Crippen LogP contribution in [0, 0.1) is 5.92 Å². The molecule has 1 aliphatic heterocycles. The van der Waals surface area contributed by atoms with Gasteiger partial charge < -0.3 is 0 Å². The maximum atomic E-state index is 12.6. The molecule has 0 aliphatic carbocycles. The van der Waals surface area contributed by atoms with Crippen LogP contribution in [0.2, 0.25) is 0 Å². The lowest BCUT2D eigenvalue weighted by atomic mass is 9.90. The fraction of sp³-hybridized carbons (Fsp3) is 0.471. The molecule has 1 aromatic carbocycles. The number of piperidine rings is 1. The highest BCUT2D eigenvalue weighted by Gasteiger charge is 2.33. The van der Waals surface area contributed by atoms with Crippen molar-refractivity contribution in [3.05, 3.63) is 52.0 Å². The number of alkyl halides is 3. The molecular weight excluding hydrogens is 321 g/mol. The Hall–Kier alpha value is -1.40. The van der Waals surface area contributed by atoms with Crippen LogP contribution in [0.1, 0.15) is 29.1 Å². The monoisotopic (exact) mass is 340 g/mol. The smallest absolute Gasteiger partial charge is 0.297 e. The Morgan fingerprint density at radius 3 is 2.43 bits per heavy atom. The first-order valence-electron chi connectivity index (χ1n) is 7.78. The first-order valence-corrected chi connectivity index (χ1v) is 8.66. The molecule has 0 spiro atoms. The summed E-state index contributed by atoms with van der Waals surface area (Å²) in [6.45, 7) is 2.38. The Bertz CT molecular complexity index is 616. The maximum absolute atomic E-state index is 12.6. The lowest BCUT2D eigenvalue weighted by molar-refractivity contribution is -0.140. The van der Waals surface area contributed by atoms with E-state index in [0.29, 0.717) is 17.5 Å². The molecule has 2 aromatic rings. The van der Waals surface area contributed by atoms with E-state index in [-0.39, 0.29) is 0 Å². The van der Waals surface area contributed by atoms with Crippen LogP contribution in [0.25, 0.3) is 0 Å². The summed E-state index contributed by atoms with van der Waals surface area (Å²) < 4.78 is 37.7. The molecule has 3 rings (SSSR count). The zero-order valence-corrected chi connectivity index (χ0v) is 13.5. The number of aromatic nitrogens is 1. The molecule has 0 amide bonds. The molecule has 0 bridgehead atoms. The molecular formula is C17H19F3N2S. The number of hydrogen-bond donors (Lipinski definition) is 0. The van der Waals surface area contributed by atoms with Gasteiger partial charge in [-0.15, -0.1) is 11.3 Å². The quantitative estimate of drug-likeness (QED) is 0.807. The van der Waals surface area contributed by atoms with Gasteiger partial charge in [0.25, 0.3) is 0 Å². The van der Waals surface area contributed by atoms with Crippen molar-refractivity contribution in [3.8, 4) is 0 Å². The first kappa shape index (κ1) is 16.5. The third-order valence-electron chi connectivity index (χ3n) is 4.28. The lowest BCUT2D eigenvalue weighted by Crippen LogP contribution is -2.33. The Morgan fingerprint density at radius 1 is 1.13 bits per heavy atom. The van der Waals surface area contributed by atoms with E-state index in [1.165, 1.54) is 5.56 Å². The van der Waals surface area contributed by atoms with Crippen molar-refractivity contribution in [2.24, 2.45) is 5.92 Å². The summed E-state index contributed by atoms with van der Waals surface area (Å²) in [6.07, 6.45) is -1.07. The Balaban J connectivity index is 1.48. The van der Waals surface area contributed by atoms with Crippen LogP contribution in [0.5, 0.6) is 0 Å². The minimum atomic E-state index is -4.34. The zero-order chi connectivity index (χ0) is 16.3. The summed E-state index contributed by atoms with van der Waals surface area (Å²) in [5.41, 5.74) is 0.595. The molecule has 0 saturated carbocycles. The van der Waals surface area contributed by atoms with Crippen molar-refractivity contribution in [1.29, 1.82) is 0 Å². The molecule has 2 nitrogen and oxygen atoms in total. The highest BCUT2D eigenvalue weighted by atomic mass is 32.1.